The molecule has 36 nitrogen and oxygen atoms in total. The topological polar surface area (TPSA) is 521 Å². The molecule has 22 aliphatic rings. The van der Waals surface area contributed by atoms with Crippen LogP contribution in [0, 0.1) is 0 Å². The van der Waals surface area contributed by atoms with Crippen molar-refractivity contribution in [3.05, 3.63) is 0 Å². The van der Waals surface area contributed by atoms with E-state index in [2.05, 4.69) is 0 Å². The Bertz CT molecular complexity index is 2060. The Morgan fingerprint density at radius 2 is 0.298 bits per heavy atom. The molecule has 0 saturated carbocycles. The molecule has 16 bridgehead atoms. The first kappa shape index (κ1) is 61.4. The van der Waals surface area contributed by atoms with Crippen LogP contribution in [0.5, 0.6) is 0 Å². The van der Waals surface area contributed by atoms with Gasteiger partial charge in [0.15, 0.2) is 50.3 Å². The van der Waals surface area contributed by atoms with E-state index in [1.165, 1.54) is 0 Å². The van der Waals surface area contributed by atoms with Gasteiger partial charge >= 0.3 is 0 Å². The number of hydrogen-bond acceptors (Lipinski definition) is 36. The fraction of sp³-hybridized carbons (Fsp3) is 1.00. The van der Waals surface area contributed by atoms with Gasteiger partial charge in [-0.05, 0) is 0 Å². The van der Waals surface area contributed by atoms with Gasteiger partial charge in [0, 0.05) is 0 Å². The van der Waals surface area contributed by atoms with Crippen LogP contribution in [0.25, 0.3) is 0 Å². The highest BCUT2D eigenvalue weighted by Crippen LogP contribution is 2.49. The lowest BCUT2D eigenvalue weighted by molar-refractivity contribution is -0.379. The molecule has 0 aromatic heterocycles. The summed E-state index contributed by atoms with van der Waals surface area (Å²) < 4.78 is 120. The van der Waals surface area contributed by atoms with Gasteiger partial charge in [-0.3, -0.25) is 0 Å². The van der Waals surface area contributed by atoms with Gasteiger partial charge < -0.3 is 176 Å². The van der Waals surface area contributed by atoms with Crippen LogP contribution in [-0.2, 0) is 94.7 Å². The quantitative estimate of drug-likeness (QED) is 0.100. The van der Waals surface area contributed by atoms with Crippen LogP contribution in [0.15, 0.2) is 0 Å². The molecule has 0 spiro atoms. The van der Waals surface area contributed by atoms with Crippen LogP contribution in [0.1, 0.15) is 0 Å². The molecule has 0 aromatic carbocycles. The second-order valence-corrected chi connectivity index (χ2v) is 22.8. The Labute approximate surface area is 474 Å². The van der Waals surface area contributed by atoms with Crippen LogP contribution >= 0.6 is 0 Å². The molecule has 22 fully saturated rings. The van der Waals surface area contributed by atoms with Crippen molar-refractivity contribution in [3.8, 4) is 0 Å². The highest BCUT2D eigenvalue weighted by molar-refractivity contribution is 5.09. The molecule has 16 N–H and O–H groups in total. The molecule has 36 heteroatoms. The number of aliphatic hydroxyl groups is 16. The van der Waals surface area contributed by atoms with Gasteiger partial charge in [0.2, 0.25) is 0 Å². The highest BCUT2D eigenvalue weighted by atomic mass is 16.8. The first-order valence-electron chi connectivity index (χ1n) is 28.0. The summed E-state index contributed by atoms with van der Waals surface area (Å²) in [6.45, 7) is -6.32. The van der Waals surface area contributed by atoms with Crippen LogP contribution in [-0.4, -0.2) is 380 Å². The van der Waals surface area contributed by atoms with Crippen molar-refractivity contribution < 1.29 is 176 Å². The molecular formula is C48H72O36. The zero-order valence-corrected chi connectivity index (χ0v) is 44.1. The lowest BCUT2D eigenvalue weighted by atomic mass is 9.96. The molecular weight excluding hydrogens is 1150 g/mol. The van der Waals surface area contributed by atoms with E-state index in [9.17, 15) is 81.7 Å². The van der Waals surface area contributed by atoms with Crippen molar-refractivity contribution in [1.82, 2.24) is 0 Å². The maximum atomic E-state index is 11.5. The SMILES string of the molecule is OC[C@H]1O[C@@H]2O[C@H]3[C@@H]4O[C@H]4[C@@H](O[C@H]4[C@@H]5O[C@H]5[C@@H](O[C@H]5[C@H](O)[C@@H](O)[C@@H](O[C@H]6[C@H](O)[C@@H](O)[C@@H](O[C@H]7[C@@H]8O[C@H]8[C@@H](O[C@H]8[C@@H]9O[C@H]9[C@@H](O[C@H]9[C@H](O)[C@@H](O)[C@@H](O[C@H]1[C@H](O)[C@H]2O)O[C@@H]9CO)O[C@@H]8CO)O[C@@H]7CO)O[C@@H]6CO)O[C@@H]5CO)O[C@@H]4CO)O[C@@H]3CO. The molecule has 22 aliphatic heterocycles. The van der Waals surface area contributed by atoms with Crippen LogP contribution < -0.4 is 0 Å². The Kier molecular flexibility index (Phi) is 18.0. The number of rotatable bonds is 8. The molecule has 22 heterocycles. The van der Waals surface area contributed by atoms with Crippen molar-refractivity contribution in [2.45, 2.75) is 246 Å². The minimum absolute atomic E-state index is 0.700. The minimum atomic E-state index is -2.00. The standard InChI is InChI=1S/C48H72O36/c49-1-9-25-17(57)23(63)43(67-9)81-29-13(5-53)71-47(39-33(29)73-39)83-31-15(7-55)70-46(38-35(31)76-38)80-28-12(4-52)66-42(22(62)20(28)60)78-26-10(2-50)68-44(24(64)18(26)58)82-30-14(6-54)72-48(40-34(30)74-40)84-32-16(8-56)69-45(37-36(32)75-37)79-27-11(3-51)65-41(77-25)21(61)19(27)59/h9-64H,1-8H2/t9-,10-,11-,12-,13-,14-,15-,16-,17-,18-,19-,20-,21-,22-,23-,24-,25-,26-,27-,28-,29-,30-,31-,32-,33+,34+,35+,36+,37-,38-,39-,40-,41-,42-,43-,44-,45-,46-,47-,48-/m1/s1. The number of ether oxygens (including phenoxy) is 20. The van der Waals surface area contributed by atoms with Gasteiger partial charge in [-0.2, -0.15) is 0 Å². The van der Waals surface area contributed by atoms with Crippen LogP contribution in [0.4, 0.5) is 0 Å². The fourth-order valence-electron chi connectivity index (χ4n) is 12.9. The average molecular weight is 1230 g/mol. The molecule has 40 atom stereocenters. The van der Waals surface area contributed by atoms with E-state index in [4.69, 9.17) is 94.7 Å². The molecule has 0 unspecified atom stereocenters. The molecule has 84 heavy (non-hydrogen) atoms. The van der Waals surface area contributed by atoms with Gasteiger partial charge in [-0.15, -0.1) is 0 Å². The summed E-state index contributed by atoms with van der Waals surface area (Å²) in [7, 11) is 0. The summed E-state index contributed by atoms with van der Waals surface area (Å²) in [4.78, 5) is 0. The molecule has 0 aliphatic carbocycles. The molecule has 22 rings (SSSR count). The number of epoxide rings is 4. The maximum Gasteiger partial charge on any atom is 0.187 e. The predicted molar refractivity (Wildman–Crippen MR) is 248 cm³/mol. The summed E-state index contributed by atoms with van der Waals surface area (Å²) in [5.41, 5.74) is 0. The van der Waals surface area contributed by atoms with Gasteiger partial charge in [-0.1, -0.05) is 0 Å². The molecule has 0 radical (unpaired) electrons. The zero-order valence-electron chi connectivity index (χ0n) is 44.1. The van der Waals surface area contributed by atoms with Crippen molar-refractivity contribution in [2.24, 2.45) is 0 Å². The lowest BCUT2D eigenvalue weighted by Gasteiger charge is -2.48. The minimum Gasteiger partial charge on any atom is -0.394 e. The highest BCUT2D eigenvalue weighted by Gasteiger charge is 2.68. The average Bonchev–Trinajstić information content (AvgIpc) is 2.10. The summed E-state index contributed by atoms with van der Waals surface area (Å²) >= 11 is 0. The van der Waals surface area contributed by atoms with Crippen molar-refractivity contribution >= 4 is 0 Å². The van der Waals surface area contributed by atoms with Gasteiger partial charge in [-0.25, -0.2) is 0 Å². The molecule has 480 valence electrons. The smallest absolute Gasteiger partial charge is 0.187 e. The summed E-state index contributed by atoms with van der Waals surface area (Å²) in [5.74, 6) is 0. The molecule has 22 saturated heterocycles. The molecule has 0 aromatic rings. The van der Waals surface area contributed by atoms with E-state index < -0.39 is 299 Å². The van der Waals surface area contributed by atoms with Crippen LogP contribution in [0.3, 0.4) is 0 Å². The second kappa shape index (κ2) is 24.6. The van der Waals surface area contributed by atoms with Crippen LogP contribution in [0.2, 0.25) is 0 Å². The fourth-order valence-corrected chi connectivity index (χ4v) is 12.9. The van der Waals surface area contributed by atoms with Crippen molar-refractivity contribution in [1.29, 1.82) is 0 Å². The van der Waals surface area contributed by atoms with Crippen molar-refractivity contribution in [2.75, 3.05) is 52.9 Å². The summed E-state index contributed by atoms with van der Waals surface area (Å²) in [6.07, 6.45) is -57.5. The first-order valence-corrected chi connectivity index (χ1v) is 28.0. The van der Waals surface area contributed by atoms with E-state index in [0.717, 1.165) is 0 Å². The maximum absolute atomic E-state index is 11.5. The monoisotopic (exact) mass is 1220 g/mol. The number of aliphatic hydroxyl groups excluding tert-OH is 16. The third-order valence-corrected chi connectivity index (χ3v) is 17.6. The van der Waals surface area contributed by atoms with Gasteiger partial charge in [0.1, 0.15) is 195 Å². The Balaban J connectivity index is 0.735. The number of hydrogen-bond donors (Lipinski definition) is 16. The van der Waals surface area contributed by atoms with E-state index in [1.54, 1.807) is 0 Å². The van der Waals surface area contributed by atoms with E-state index in [0.29, 0.717) is 0 Å². The third kappa shape index (κ3) is 11.1. The Morgan fingerprint density at radius 3 is 0.500 bits per heavy atom. The Hall–Kier alpha value is -1.44. The van der Waals surface area contributed by atoms with Gasteiger partial charge in [0.25, 0.3) is 0 Å². The predicted octanol–water partition coefficient (Wildman–Crippen LogP) is -13.2. The Morgan fingerprint density at radius 1 is 0.143 bits per heavy atom. The van der Waals surface area contributed by atoms with E-state index >= 15 is 0 Å². The van der Waals surface area contributed by atoms with E-state index in [1.807, 2.05) is 0 Å². The lowest BCUT2D eigenvalue weighted by Crippen LogP contribution is -2.66. The summed E-state index contributed by atoms with van der Waals surface area (Å²) in [6, 6.07) is 0. The van der Waals surface area contributed by atoms with Gasteiger partial charge in [0.05, 0.1) is 52.9 Å². The first-order chi connectivity index (χ1) is 40.5. The van der Waals surface area contributed by atoms with Crippen molar-refractivity contribution in [3.63, 3.8) is 0 Å². The van der Waals surface area contributed by atoms with E-state index in [-0.39, 0.29) is 0 Å². The summed E-state index contributed by atoms with van der Waals surface area (Å²) in [5, 5.41) is 176. The largest absolute Gasteiger partial charge is 0.394 e. The third-order valence-electron chi connectivity index (χ3n) is 17.6. The normalized spacial score (nSPS) is 58.9. The molecule has 0 amide bonds. The zero-order chi connectivity index (χ0) is 58.9. The second-order valence-electron chi connectivity index (χ2n) is 22.8.